The molecule has 0 radical (unpaired) electrons. The van der Waals surface area contributed by atoms with Gasteiger partial charge in [0.05, 0.1) is 12.6 Å². The number of hydrogen-bond donors (Lipinski definition) is 1. The highest BCUT2D eigenvalue weighted by Crippen LogP contribution is 2.21. The number of benzene rings is 2. The molecule has 0 aromatic heterocycles. The van der Waals surface area contributed by atoms with Gasteiger partial charge in [0, 0.05) is 13.0 Å². The molecule has 26 heavy (non-hydrogen) atoms. The molecule has 3 rings (SSSR count). The zero-order valence-electron chi connectivity index (χ0n) is 15.3. The summed E-state index contributed by atoms with van der Waals surface area (Å²) in [6.45, 7) is 2.82. The first kappa shape index (κ1) is 18.2. The monoisotopic (exact) mass is 350 g/mol. The second-order valence-corrected chi connectivity index (χ2v) is 6.90. The first-order chi connectivity index (χ1) is 12.6. The van der Waals surface area contributed by atoms with E-state index in [1.54, 1.807) is 4.90 Å². The summed E-state index contributed by atoms with van der Waals surface area (Å²) >= 11 is 0. The highest BCUT2D eigenvalue weighted by atomic mass is 16.2. The fraction of sp³-hybridized carbons (Fsp3) is 0.364. The molecule has 0 bridgehead atoms. The van der Waals surface area contributed by atoms with E-state index in [4.69, 9.17) is 0 Å². The fourth-order valence-electron chi connectivity index (χ4n) is 3.34. The van der Waals surface area contributed by atoms with E-state index in [-0.39, 0.29) is 24.4 Å². The minimum Gasteiger partial charge on any atom is -0.348 e. The van der Waals surface area contributed by atoms with Crippen molar-refractivity contribution in [3.63, 3.8) is 0 Å². The van der Waals surface area contributed by atoms with Gasteiger partial charge in [0.25, 0.3) is 0 Å². The van der Waals surface area contributed by atoms with Crippen LogP contribution in [0.5, 0.6) is 0 Å². The van der Waals surface area contributed by atoms with Crippen LogP contribution in [0, 0.1) is 0 Å². The Morgan fingerprint density at radius 1 is 1.00 bits per heavy atom. The van der Waals surface area contributed by atoms with Gasteiger partial charge in [-0.15, -0.1) is 0 Å². The first-order valence-electron chi connectivity index (χ1n) is 9.36. The van der Waals surface area contributed by atoms with Crippen molar-refractivity contribution >= 4 is 11.8 Å². The molecule has 2 aromatic rings. The molecule has 2 aromatic carbocycles. The highest BCUT2D eigenvalue weighted by molar-refractivity contribution is 5.85. The van der Waals surface area contributed by atoms with Gasteiger partial charge in [-0.3, -0.25) is 9.59 Å². The summed E-state index contributed by atoms with van der Waals surface area (Å²) in [7, 11) is 0. The number of nitrogens with one attached hydrogen (secondary N) is 1. The Kier molecular flexibility index (Phi) is 6.05. The van der Waals surface area contributed by atoms with Crippen LogP contribution in [-0.4, -0.2) is 29.8 Å². The predicted molar refractivity (Wildman–Crippen MR) is 103 cm³/mol. The molecule has 1 N–H and O–H groups in total. The minimum absolute atomic E-state index is 0.0885. The second kappa shape index (κ2) is 8.65. The highest BCUT2D eigenvalue weighted by Gasteiger charge is 2.20. The maximum absolute atomic E-state index is 12.3. The number of nitrogens with zero attached hydrogens (tertiary/aromatic N) is 1. The van der Waals surface area contributed by atoms with Crippen molar-refractivity contribution in [1.82, 2.24) is 10.2 Å². The number of carbonyl (C=O) groups is 2. The Hall–Kier alpha value is -2.62. The van der Waals surface area contributed by atoms with Gasteiger partial charge in [-0.1, -0.05) is 61.0 Å². The number of hydrogen-bond acceptors (Lipinski definition) is 2. The molecule has 1 aliphatic heterocycles. The number of amides is 2. The molecule has 1 fully saturated rings. The summed E-state index contributed by atoms with van der Waals surface area (Å²) in [6, 6.07) is 18.4. The number of likely N-dealkylation sites (tertiary alicyclic amines) is 1. The maximum Gasteiger partial charge on any atom is 0.240 e. The SMILES string of the molecule is CC(NC(=O)CN1CCCCCC1=O)c1ccc(-c2ccccc2)cc1. The van der Waals surface area contributed by atoms with Gasteiger partial charge in [-0.05, 0) is 36.5 Å². The Bertz CT molecular complexity index is 740. The molecule has 0 saturated carbocycles. The molecule has 2 amide bonds. The molecule has 1 saturated heterocycles. The van der Waals surface area contributed by atoms with E-state index < -0.39 is 0 Å². The van der Waals surface area contributed by atoms with Crippen molar-refractivity contribution in [1.29, 1.82) is 0 Å². The lowest BCUT2D eigenvalue weighted by molar-refractivity contribution is -0.135. The van der Waals surface area contributed by atoms with Gasteiger partial charge in [0.2, 0.25) is 11.8 Å². The van der Waals surface area contributed by atoms with Crippen LogP contribution < -0.4 is 5.32 Å². The Morgan fingerprint density at radius 2 is 1.69 bits per heavy atom. The second-order valence-electron chi connectivity index (χ2n) is 6.90. The molecule has 4 nitrogen and oxygen atoms in total. The van der Waals surface area contributed by atoms with Gasteiger partial charge in [-0.25, -0.2) is 0 Å². The zero-order chi connectivity index (χ0) is 18.4. The molecule has 0 spiro atoms. The summed E-state index contributed by atoms with van der Waals surface area (Å²) in [6.07, 6.45) is 3.54. The minimum atomic E-state index is -0.0973. The average molecular weight is 350 g/mol. The van der Waals surface area contributed by atoms with Crippen LogP contribution in [0.1, 0.15) is 44.2 Å². The lowest BCUT2D eigenvalue weighted by atomic mass is 10.0. The van der Waals surface area contributed by atoms with Gasteiger partial charge in [0.1, 0.15) is 0 Å². The Morgan fingerprint density at radius 3 is 2.42 bits per heavy atom. The summed E-state index contributed by atoms with van der Waals surface area (Å²) in [4.78, 5) is 26.0. The molecule has 136 valence electrons. The van der Waals surface area contributed by atoms with Crippen LogP contribution in [0.3, 0.4) is 0 Å². The average Bonchev–Trinajstić information content (AvgIpc) is 2.87. The third-order valence-corrected chi connectivity index (χ3v) is 4.90. The number of rotatable bonds is 5. The largest absolute Gasteiger partial charge is 0.348 e. The summed E-state index contributed by atoms with van der Waals surface area (Å²) in [5.74, 6) is -0.00240. The van der Waals surface area contributed by atoms with E-state index in [1.807, 2.05) is 37.3 Å². The van der Waals surface area contributed by atoms with Crippen molar-refractivity contribution in [2.75, 3.05) is 13.1 Å². The fourth-order valence-corrected chi connectivity index (χ4v) is 3.34. The van der Waals surface area contributed by atoms with E-state index in [2.05, 4.69) is 29.6 Å². The lowest BCUT2D eigenvalue weighted by Gasteiger charge is -2.22. The molecule has 1 heterocycles. The molecule has 1 aliphatic rings. The van der Waals surface area contributed by atoms with Crippen molar-refractivity contribution < 1.29 is 9.59 Å². The normalized spacial score (nSPS) is 16.0. The van der Waals surface area contributed by atoms with E-state index in [0.29, 0.717) is 13.0 Å². The van der Waals surface area contributed by atoms with Crippen molar-refractivity contribution in [3.8, 4) is 11.1 Å². The van der Waals surface area contributed by atoms with Gasteiger partial charge in [0.15, 0.2) is 0 Å². The number of carbonyl (C=O) groups excluding carboxylic acids is 2. The summed E-state index contributed by atoms with van der Waals surface area (Å²) in [5.41, 5.74) is 3.39. The summed E-state index contributed by atoms with van der Waals surface area (Å²) in [5, 5.41) is 3.01. The van der Waals surface area contributed by atoms with Crippen LogP contribution in [0.15, 0.2) is 54.6 Å². The maximum atomic E-state index is 12.3. The Balaban J connectivity index is 1.58. The molecule has 1 unspecified atom stereocenters. The van der Waals surface area contributed by atoms with Gasteiger partial charge >= 0.3 is 0 Å². The standard InChI is InChI=1S/C22H26N2O2/c1-17(23-21(25)16-24-15-7-3-6-10-22(24)26)18-11-13-20(14-12-18)19-8-4-2-5-9-19/h2,4-5,8-9,11-14,17H,3,6-7,10,15-16H2,1H3,(H,23,25). The van der Waals surface area contributed by atoms with Crippen LogP contribution >= 0.6 is 0 Å². The molecular weight excluding hydrogens is 324 g/mol. The first-order valence-corrected chi connectivity index (χ1v) is 9.36. The van der Waals surface area contributed by atoms with Gasteiger partial charge < -0.3 is 10.2 Å². The third-order valence-electron chi connectivity index (χ3n) is 4.90. The van der Waals surface area contributed by atoms with Crippen LogP contribution in [0.2, 0.25) is 0 Å². The van der Waals surface area contributed by atoms with Crippen molar-refractivity contribution in [3.05, 3.63) is 60.2 Å². The van der Waals surface area contributed by atoms with E-state index in [0.717, 1.165) is 30.4 Å². The van der Waals surface area contributed by atoms with Crippen molar-refractivity contribution in [2.45, 2.75) is 38.6 Å². The molecule has 0 aliphatic carbocycles. The quantitative estimate of drug-likeness (QED) is 0.888. The van der Waals surface area contributed by atoms with Crippen molar-refractivity contribution in [2.24, 2.45) is 0 Å². The van der Waals surface area contributed by atoms with E-state index in [9.17, 15) is 9.59 Å². The Labute approximate surface area is 155 Å². The van der Waals surface area contributed by atoms with E-state index in [1.165, 1.54) is 5.56 Å². The topological polar surface area (TPSA) is 49.4 Å². The summed E-state index contributed by atoms with van der Waals surface area (Å²) < 4.78 is 0. The third kappa shape index (κ3) is 4.72. The smallest absolute Gasteiger partial charge is 0.240 e. The van der Waals surface area contributed by atoms with E-state index >= 15 is 0 Å². The van der Waals surface area contributed by atoms with Crippen LogP contribution in [0.25, 0.3) is 11.1 Å². The van der Waals surface area contributed by atoms with Crippen LogP contribution in [0.4, 0.5) is 0 Å². The van der Waals surface area contributed by atoms with Crippen LogP contribution in [-0.2, 0) is 9.59 Å². The zero-order valence-corrected chi connectivity index (χ0v) is 15.3. The molecule has 4 heteroatoms. The predicted octanol–water partition coefficient (Wildman–Crippen LogP) is 3.93. The van der Waals surface area contributed by atoms with Gasteiger partial charge in [-0.2, -0.15) is 0 Å². The lowest BCUT2D eigenvalue weighted by Crippen LogP contribution is -2.41. The molecular formula is C22H26N2O2. The molecule has 1 atom stereocenters.